The number of rotatable bonds is 7. The van der Waals surface area contributed by atoms with Crippen molar-refractivity contribution in [2.75, 3.05) is 5.75 Å². The number of benzene rings is 1. The summed E-state index contributed by atoms with van der Waals surface area (Å²) in [5.41, 5.74) is 2.86. The Hall–Kier alpha value is -0.890. The Morgan fingerprint density at radius 1 is 1.50 bits per heavy atom. The van der Waals surface area contributed by atoms with Crippen molar-refractivity contribution in [2.45, 2.75) is 30.8 Å². The Balaban J connectivity index is 1.92. The van der Waals surface area contributed by atoms with Gasteiger partial charge in [-0.15, -0.1) is 11.8 Å². The van der Waals surface area contributed by atoms with Crippen molar-refractivity contribution in [3.63, 3.8) is 0 Å². The van der Waals surface area contributed by atoms with Gasteiger partial charge in [0.05, 0.1) is 0 Å². The van der Waals surface area contributed by atoms with Gasteiger partial charge in [-0.2, -0.15) is 5.10 Å². The summed E-state index contributed by atoms with van der Waals surface area (Å²) in [5.74, 6) is 7.49. The molecule has 1 atom stereocenters. The van der Waals surface area contributed by atoms with Crippen LogP contribution in [-0.4, -0.2) is 26.6 Å². The molecule has 0 radical (unpaired) electrons. The third-order valence-corrected chi connectivity index (χ3v) is 4.56. The van der Waals surface area contributed by atoms with Gasteiger partial charge in [0.25, 0.3) is 0 Å². The summed E-state index contributed by atoms with van der Waals surface area (Å²) in [4.78, 5) is 5.50. The largest absolute Gasteiger partial charge is 0.271 e. The lowest BCUT2D eigenvalue weighted by Crippen LogP contribution is -2.39. The quantitative estimate of drug-likeness (QED) is 0.452. The first-order chi connectivity index (χ1) is 9.72. The first kappa shape index (κ1) is 15.5. The average Bonchev–Trinajstić information content (AvgIpc) is 2.90. The molecular weight excluding hydrogens is 338 g/mol. The molecule has 20 heavy (non-hydrogen) atoms. The van der Waals surface area contributed by atoms with E-state index in [0.29, 0.717) is 0 Å². The molecule has 0 saturated carbocycles. The Labute approximate surface area is 131 Å². The molecule has 7 heteroatoms. The van der Waals surface area contributed by atoms with Gasteiger partial charge in [-0.05, 0) is 25.1 Å². The molecule has 0 bridgehead atoms. The predicted molar refractivity (Wildman–Crippen MR) is 85.4 cm³/mol. The maximum absolute atomic E-state index is 5.64. The number of nitrogens with two attached hydrogens (primary N) is 1. The van der Waals surface area contributed by atoms with Crippen molar-refractivity contribution < 1.29 is 0 Å². The van der Waals surface area contributed by atoms with E-state index in [9.17, 15) is 0 Å². The summed E-state index contributed by atoms with van der Waals surface area (Å²) in [7, 11) is 0. The zero-order valence-corrected chi connectivity index (χ0v) is 13.7. The SMILES string of the molecule is CCn1ncnc1CC(CSc1cccc(Br)c1)NN. The first-order valence-corrected chi connectivity index (χ1v) is 8.22. The van der Waals surface area contributed by atoms with E-state index in [0.717, 1.165) is 29.0 Å². The Morgan fingerprint density at radius 3 is 3.05 bits per heavy atom. The van der Waals surface area contributed by atoms with Crippen molar-refractivity contribution in [3.8, 4) is 0 Å². The monoisotopic (exact) mass is 355 g/mol. The van der Waals surface area contributed by atoms with Crippen LogP contribution in [0.4, 0.5) is 0 Å². The molecule has 0 aliphatic heterocycles. The predicted octanol–water partition coefficient (Wildman–Crippen LogP) is 2.23. The van der Waals surface area contributed by atoms with Crippen LogP contribution in [0.3, 0.4) is 0 Å². The number of hydrazine groups is 1. The molecule has 1 aromatic heterocycles. The number of nitrogens with one attached hydrogen (secondary N) is 1. The molecule has 5 nitrogen and oxygen atoms in total. The Morgan fingerprint density at radius 2 is 2.35 bits per heavy atom. The minimum atomic E-state index is 0.161. The van der Waals surface area contributed by atoms with E-state index in [1.807, 2.05) is 16.8 Å². The van der Waals surface area contributed by atoms with Crippen LogP contribution in [0.2, 0.25) is 0 Å². The summed E-state index contributed by atoms with van der Waals surface area (Å²) in [6, 6.07) is 8.41. The van der Waals surface area contributed by atoms with Gasteiger partial charge in [0, 0.05) is 34.1 Å². The highest BCUT2D eigenvalue weighted by Crippen LogP contribution is 2.22. The molecule has 0 saturated heterocycles. The highest BCUT2D eigenvalue weighted by molar-refractivity contribution is 9.10. The van der Waals surface area contributed by atoms with Crippen LogP contribution in [0.1, 0.15) is 12.7 Å². The fraction of sp³-hybridized carbons (Fsp3) is 0.385. The van der Waals surface area contributed by atoms with Gasteiger partial charge in [-0.3, -0.25) is 16.0 Å². The molecular formula is C13H18BrN5S. The lowest BCUT2D eigenvalue weighted by atomic mass is 10.2. The second-order valence-electron chi connectivity index (χ2n) is 4.33. The zero-order chi connectivity index (χ0) is 14.4. The molecule has 3 N–H and O–H groups in total. The minimum Gasteiger partial charge on any atom is -0.271 e. The van der Waals surface area contributed by atoms with Crippen molar-refractivity contribution >= 4 is 27.7 Å². The molecule has 0 aliphatic carbocycles. The van der Waals surface area contributed by atoms with Crippen LogP contribution in [0, 0.1) is 0 Å². The highest BCUT2D eigenvalue weighted by atomic mass is 79.9. The molecule has 0 aliphatic rings. The standard InChI is InChI=1S/C13H18BrN5S/c1-2-19-13(16-9-17-19)7-11(18-15)8-20-12-5-3-4-10(14)6-12/h3-6,9,11,18H,2,7-8,15H2,1H3. The number of hydrogen-bond acceptors (Lipinski definition) is 5. The number of nitrogens with zero attached hydrogens (tertiary/aromatic N) is 3. The van der Waals surface area contributed by atoms with Crippen molar-refractivity contribution in [3.05, 3.63) is 40.9 Å². The molecule has 0 fully saturated rings. The smallest absolute Gasteiger partial charge is 0.138 e. The molecule has 1 aromatic carbocycles. The molecule has 1 heterocycles. The minimum absolute atomic E-state index is 0.161. The summed E-state index contributed by atoms with van der Waals surface area (Å²) in [5, 5.41) is 4.18. The average molecular weight is 356 g/mol. The number of aryl methyl sites for hydroxylation is 1. The van der Waals surface area contributed by atoms with Gasteiger partial charge in [-0.25, -0.2) is 4.98 Å². The second-order valence-corrected chi connectivity index (χ2v) is 6.34. The van der Waals surface area contributed by atoms with Gasteiger partial charge in [0.15, 0.2) is 0 Å². The lowest BCUT2D eigenvalue weighted by molar-refractivity contribution is 0.527. The highest BCUT2D eigenvalue weighted by Gasteiger charge is 2.12. The molecule has 0 amide bonds. The molecule has 108 valence electrons. The fourth-order valence-electron chi connectivity index (χ4n) is 1.85. The molecule has 2 rings (SSSR count). The third kappa shape index (κ3) is 4.31. The van der Waals surface area contributed by atoms with Crippen LogP contribution in [0.15, 0.2) is 40.0 Å². The van der Waals surface area contributed by atoms with Crippen LogP contribution >= 0.6 is 27.7 Å². The van der Waals surface area contributed by atoms with Crippen molar-refractivity contribution in [1.29, 1.82) is 0 Å². The number of halogens is 1. The second kappa shape index (κ2) is 7.78. The van der Waals surface area contributed by atoms with Gasteiger partial charge >= 0.3 is 0 Å². The van der Waals surface area contributed by atoms with Crippen LogP contribution < -0.4 is 11.3 Å². The van der Waals surface area contributed by atoms with Crippen molar-refractivity contribution in [1.82, 2.24) is 20.2 Å². The van der Waals surface area contributed by atoms with E-state index in [1.54, 1.807) is 18.1 Å². The third-order valence-electron chi connectivity index (χ3n) is 2.91. The normalized spacial score (nSPS) is 12.6. The Kier molecular flexibility index (Phi) is 6.03. The first-order valence-electron chi connectivity index (χ1n) is 6.44. The van der Waals surface area contributed by atoms with Crippen LogP contribution in [0.5, 0.6) is 0 Å². The zero-order valence-electron chi connectivity index (χ0n) is 11.3. The fourth-order valence-corrected chi connectivity index (χ4v) is 3.39. The lowest BCUT2D eigenvalue weighted by Gasteiger charge is -2.15. The molecule has 1 unspecified atom stereocenters. The molecule has 0 spiro atoms. The topological polar surface area (TPSA) is 68.8 Å². The number of hydrogen-bond donors (Lipinski definition) is 2. The van der Waals surface area contributed by atoms with Gasteiger partial charge in [-0.1, -0.05) is 22.0 Å². The van der Waals surface area contributed by atoms with E-state index in [-0.39, 0.29) is 6.04 Å². The maximum Gasteiger partial charge on any atom is 0.138 e. The Bertz CT molecular complexity index is 545. The van der Waals surface area contributed by atoms with Gasteiger partial charge in [0.1, 0.15) is 12.2 Å². The van der Waals surface area contributed by atoms with Gasteiger partial charge in [0.2, 0.25) is 0 Å². The summed E-state index contributed by atoms with van der Waals surface area (Å²) >= 11 is 5.25. The van der Waals surface area contributed by atoms with E-state index < -0.39 is 0 Å². The van der Waals surface area contributed by atoms with Gasteiger partial charge < -0.3 is 0 Å². The summed E-state index contributed by atoms with van der Waals surface area (Å²) in [6.45, 7) is 2.88. The van der Waals surface area contributed by atoms with Crippen LogP contribution in [0.25, 0.3) is 0 Å². The molecule has 2 aromatic rings. The maximum atomic E-state index is 5.64. The summed E-state index contributed by atoms with van der Waals surface area (Å²) in [6.07, 6.45) is 2.36. The van der Waals surface area contributed by atoms with E-state index in [2.05, 4.69) is 50.5 Å². The van der Waals surface area contributed by atoms with Crippen LogP contribution in [-0.2, 0) is 13.0 Å². The number of thioether (sulfide) groups is 1. The van der Waals surface area contributed by atoms with E-state index >= 15 is 0 Å². The number of aromatic nitrogens is 3. The van der Waals surface area contributed by atoms with Crippen molar-refractivity contribution in [2.24, 2.45) is 5.84 Å². The summed E-state index contributed by atoms with van der Waals surface area (Å²) < 4.78 is 2.99. The van der Waals surface area contributed by atoms with E-state index in [4.69, 9.17) is 5.84 Å². The van der Waals surface area contributed by atoms with E-state index in [1.165, 1.54) is 4.90 Å².